The Kier molecular flexibility index (Phi) is 6.30. The lowest BCUT2D eigenvalue weighted by atomic mass is 10.1. The molecule has 0 saturated heterocycles. The van der Waals surface area contributed by atoms with Crippen LogP contribution in [0, 0.1) is 0 Å². The SMILES string of the molecule is CCCN(CC(=O)N(C)C)CC(=O)N1N=C(c2ccco2)CC1c1ccco1. The van der Waals surface area contributed by atoms with Crippen molar-refractivity contribution >= 4 is 17.5 Å². The molecule has 3 heterocycles. The van der Waals surface area contributed by atoms with Crippen molar-refractivity contribution in [2.24, 2.45) is 5.10 Å². The first kappa shape index (κ1) is 19.9. The van der Waals surface area contributed by atoms with Crippen molar-refractivity contribution in [2.75, 3.05) is 33.7 Å². The maximum Gasteiger partial charge on any atom is 0.257 e. The number of rotatable bonds is 8. The van der Waals surface area contributed by atoms with Gasteiger partial charge in [-0.1, -0.05) is 6.92 Å². The average molecular weight is 386 g/mol. The highest BCUT2D eigenvalue weighted by Crippen LogP contribution is 2.33. The fraction of sp³-hybridized carbons (Fsp3) is 0.450. The largest absolute Gasteiger partial charge is 0.467 e. The van der Waals surface area contributed by atoms with Gasteiger partial charge in [-0.15, -0.1) is 0 Å². The van der Waals surface area contributed by atoms with Crippen molar-refractivity contribution in [3.8, 4) is 0 Å². The minimum Gasteiger partial charge on any atom is -0.467 e. The van der Waals surface area contributed by atoms with Gasteiger partial charge in [0.25, 0.3) is 5.91 Å². The maximum atomic E-state index is 13.1. The smallest absolute Gasteiger partial charge is 0.257 e. The Hall–Kier alpha value is -2.87. The van der Waals surface area contributed by atoms with Crippen LogP contribution in [-0.2, 0) is 9.59 Å². The van der Waals surface area contributed by atoms with E-state index in [0.717, 1.165) is 6.42 Å². The lowest BCUT2D eigenvalue weighted by Gasteiger charge is -2.26. The van der Waals surface area contributed by atoms with Crippen molar-refractivity contribution in [3.05, 3.63) is 48.3 Å². The number of nitrogens with zero attached hydrogens (tertiary/aromatic N) is 4. The standard InChI is InChI=1S/C20H26N4O4/c1-4-9-23(13-19(25)22(2)3)14-20(26)24-16(18-8-6-11-28-18)12-15(21-24)17-7-5-10-27-17/h5-8,10-11,16H,4,9,12-14H2,1-3H3. The second kappa shape index (κ2) is 8.88. The lowest BCUT2D eigenvalue weighted by Crippen LogP contribution is -2.43. The van der Waals surface area contributed by atoms with E-state index in [1.54, 1.807) is 38.8 Å². The number of hydrogen-bond donors (Lipinski definition) is 0. The number of carbonyl (C=O) groups is 2. The normalized spacial score (nSPS) is 16.5. The lowest BCUT2D eigenvalue weighted by molar-refractivity contribution is -0.136. The minimum atomic E-state index is -0.323. The van der Waals surface area contributed by atoms with Crippen LogP contribution in [-0.4, -0.2) is 66.1 Å². The van der Waals surface area contributed by atoms with Crippen LogP contribution < -0.4 is 0 Å². The van der Waals surface area contributed by atoms with Gasteiger partial charge < -0.3 is 13.7 Å². The fourth-order valence-corrected chi connectivity index (χ4v) is 3.16. The van der Waals surface area contributed by atoms with Crippen molar-refractivity contribution in [3.63, 3.8) is 0 Å². The molecule has 28 heavy (non-hydrogen) atoms. The van der Waals surface area contributed by atoms with Crippen LogP contribution in [0.2, 0.25) is 0 Å². The van der Waals surface area contributed by atoms with E-state index in [9.17, 15) is 9.59 Å². The Labute approximate surface area is 164 Å². The molecule has 0 aliphatic carbocycles. The predicted octanol–water partition coefficient (Wildman–Crippen LogP) is 2.35. The molecular weight excluding hydrogens is 360 g/mol. The van der Waals surface area contributed by atoms with Gasteiger partial charge in [-0.3, -0.25) is 14.5 Å². The molecule has 1 atom stereocenters. The summed E-state index contributed by atoms with van der Waals surface area (Å²) in [7, 11) is 3.42. The van der Waals surface area contributed by atoms with Gasteiger partial charge in [0, 0.05) is 20.5 Å². The highest BCUT2D eigenvalue weighted by atomic mass is 16.3. The first-order valence-corrected chi connectivity index (χ1v) is 9.39. The predicted molar refractivity (Wildman–Crippen MR) is 104 cm³/mol. The molecule has 1 aliphatic rings. The Morgan fingerprint density at radius 3 is 2.54 bits per heavy atom. The second-order valence-corrected chi connectivity index (χ2v) is 7.00. The summed E-state index contributed by atoms with van der Waals surface area (Å²) in [5, 5.41) is 5.98. The highest BCUT2D eigenvalue weighted by molar-refractivity contribution is 6.01. The van der Waals surface area contributed by atoms with E-state index in [-0.39, 0.29) is 30.9 Å². The topological polar surface area (TPSA) is 82.5 Å². The molecule has 0 radical (unpaired) electrons. The number of hydrogen-bond acceptors (Lipinski definition) is 6. The molecule has 150 valence electrons. The molecule has 2 aromatic rings. The van der Waals surface area contributed by atoms with Gasteiger partial charge in [-0.2, -0.15) is 5.10 Å². The van der Waals surface area contributed by atoms with Crippen LogP contribution >= 0.6 is 0 Å². The molecule has 3 rings (SSSR count). The maximum absolute atomic E-state index is 13.1. The molecule has 2 amide bonds. The summed E-state index contributed by atoms with van der Waals surface area (Å²) in [5.74, 6) is 1.10. The fourth-order valence-electron chi connectivity index (χ4n) is 3.16. The minimum absolute atomic E-state index is 0.0370. The number of furan rings is 2. The van der Waals surface area contributed by atoms with Gasteiger partial charge in [0.1, 0.15) is 23.3 Å². The van der Waals surface area contributed by atoms with Gasteiger partial charge in [0.15, 0.2) is 0 Å². The zero-order valence-electron chi connectivity index (χ0n) is 16.5. The number of amides is 2. The van der Waals surface area contributed by atoms with E-state index in [2.05, 4.69) is 5.10 Å². The number of carbonyl (C=O) groups excluding carboxylic acids is 2. The molecule has 0 N–H and O–H groups in total. The molecule has 0 spiro atoms. The summed E-state index contributed by atoms with van der Waals surface area (Å²) in [6, 6.07) is 6.92. The van der Waals surface area contributed by atoms with Crippen molar-refractivity contribution in [1.29, 1.82) is 0 Å². The van der Waals surface area contributed by atoms with Gasteiger partial charge in [0.05, 0.1) is 25.6 Å². The molecule has 0 fully saturated rings. The van der Waals surface area contributed by atoms with Gasteiger partial charge in [-0.05, 0) is 37.2 Å². The molecule has 1 aliphatic heterocycles. The van der Waals surface area contributed by atoms with Crippen LogP contribution in [0.1, 0.15) is 37.3 Å². The number of hydrazone groups is 1. The molecule has 0 saturated carbocycles. The Bertz CT molecular complexity index is 811. The molecule has 1 unspecified atom stereocenters. The molecule has 0 aromatic carbocycles. The zero-order chi connectivity index (χ0) is 20.1. The average Bonchev–Trinajstić information content (AvgIpc) is 3.41. The van der Waals surface area contributed by atoms with Crippen LogP contribution in [0.25, 0.3) is 0 Å². The molecule has 8 nitrogen and oxygen atoms in total. The van der Waals surface area contributed by atoms with E-state index >= 15 is 0 Å². The Balaban J connectivity index is 1.78. The van der Waals surface area contributed by atoms with E-state index in [4.69, 9.17) is 8.83 Å². The Morgan fingerprint density at radius 1 is 1.18 bits per heavy atom. The zero-order valence-corrected chi connectivity index (χ0v) is 16.5. The second-order valence-electron chi connectivity index (χ2n) is 7.00. The molecule has 0 bridgehead atoms. The van der Waals surface area contributed by atoms with Gasteiger partial charge in [0.2, 0.25) is 5.91 Å². The number of likely N-dealkylation sites (N-methyl/N-ethyl adjacent to an activating group) is 1. The third-order valence-electron chi connectivity index (χ3n) is 4.60. The monoisotopic (exact) mass is 386 g/mol. The first-order chi connectivity index (χ1) is 13.5. The van der Waals surface area contributed by atoms with Crippen molar-refractivity contribution in [2.45, 2.75) is 25.8 Å². The van der Waals surface area contributed by atoms with Gasteiger partial charge >= 0.3 is 0 Å². The van der Waals surface area contributed by atoms with Crippen LogP contribution in [0.5, 0.6) is 0 Å². The molecule has 2 aromatic heterocycles. The van der Waals surface area contributed by atoms with E-state index < -0.39 is 0 Å². The van der Waals surface area contributed by atoms with Crippen molar-refractivity contribution < 1.29 is 18.4 Å². The molecule has 8 heteroatoms. The Morgan fingerprint density at radius 2 is 1.93 bits per heavy atom. The summed E-state index contributed by atoms with van der Waals surface area (Å²) < 4.78 is 11.0. The van der Waals surface area contributed by atoms with E-state index in [1.807, 2.05) is 24.0 Å². The van der Waals surface area contributed by atoms with Crippen LogP contribution in [0.15, 0.2) is 50.7 Å². The van der Waals surface area contributed by atoms with Gasteiger partial charge in [-0.25, -0.2) is 5.01 Å². The van der Waals surface area contributed by atoms with E-state index in [0.29, 0.717) is 30.2 Å². The highest BCUT2D eigenvalue weighted by Gasteiger charge is 2.36. The van der Waals surface area contributed by atoms with Crippen molar-refractivity contribution in [1.82, 2.24) is 14.8 Å². The van der Waals surface area contributed by atoms with E-state index in [1.165, 1.54) is 9.91 Å². The first-order valence-electron chi connectivity index (χ1n) is 9.39. The third-order valence-corrected chi connectivity index (χ3v) is 4.60. The summed E-state index contributed by atoms with van der Waals surface area (Å²) >= 11 is 0. The third kappa shape index (κ3) is 4.51. The summed E-state index contributed by atoms with van der Waals surface area (Å²) in [6.45, 7) is 2.98. The summed E-state index contributed by atoms with van der Waals surface area (Å²) in [5.41, 5.74) is 0.700. The van der Waals surface area contributed by atoms with Crippen LogP contribution in [0.3, 0.4) is 0 Å². The quantitative estimate of drug-likeness (QED) is 0.695. The molecular formula is C20H26N4O4. The summed E-state index contributed by atoms with van der Waals surface area (Å²) in [6.07, 6.45) is 4.52. The summed E-state index contributed by atoms with van der Waals surface area (Å²) in [4.78, 5) is 28.6. The van der Waals surface area contributed by atoms with Crippen LogP contribution in [0.4, 0.5) is 0 Å².